The van der Waals surface area contributed by atoms with Gasteiger partial charge < -0.3 is 16.4 Å². The van der Waals surface area contributed by atoms with Gasteiger partial charge in [0.2, 0.25) is 0 Å². The van der Waals surface area contributed by atoms with Crippen LogP contribution in [0.5, 0.6) is 0 Å². The molecule has 150 valence electrons. The van der Waals surface area contributed by atoms with E-state index in [9.17, 15) is 9.18 Å². The van der Waals surface area contributed by atoms with Gasteiger partial charge >= 0.3 is 0 Å². The van der Waals surface area contributed by atoms with Crippen LogP contribution in [0.15, 0.2) is 42.5 Å². The van der Waals surface area contributed by atoms with E-state index in [1.165, 1.54) is 6.07 Å². The number of nitrogens with two attached hydrogens (primary N) is 1. The molecule has 3 aromatic rings. The van der Waals surface area contributed by atoms with E-state index in [2.05, 4.69) is 20.6 Å². The molecule has 2 unspecified atom stereocenters. The summed E-state index contributed by atoms with van der Waals surface area (Å²) in [4.78, 5) is 21.1. The Kier molecular flexibility index (Phi) is 5.40. The van der Waals surface area contributed by atoms with E-state index in [4.69, 9.17) is 5.73 Å². The highest BCUT2D eigenvalue weighted by Gasteiger charge is 2.28. The molecule has 2 aromatic carbocycles. The molecule has 0 bridgehead atoms. The van der Waals surface area contributed by atoms with Gasteiger partial charge in [0.1, 0.15) is 17.5 Å². The van der Waals surface area contributed by atoms with Crippen molar-refractivity contribution in [3.8, 4) is 0 Å². The molecule has 1 fully saturated rings. The van der Waals surface area contributed by atoms with Gasteiger partial charge in [0, 0.05) is 30.3 Å². The number of nitrogens with one attached hydrogen (secondary N) is 2. The van der Waals surface area contributed by atoms with Gasteiger partial charge in [-0.1, -0.05) is 25.1 Å². The zero-order chi connectivity index (χ0) is 20.4. The van der Waals surface area contributed by atoms with Gasteiger partial charge in [-0.25, -0.2) is 14.4 Å². The number of anilines is 1. The monoisotopic (exact) mass is 393 g/mol. The summed E-state index contributed by atoms with van der Waals surface area (Å²) in [5, 5.41) is 7.70. The highest BCUT2D eigenvalue weighted by atomic mass is 19.1. The molecule has 7 heteroatoms. The maximum Gasteiger partial charge on any atom is 0.250 e. The smallest absolute Gasteiger partial charge is 0.250 e. The second-order valence-corrected chi connectivity index (χ2v) is 7.31. The number of rotatable bonds is 5. The lowest BCUT2D eigenvalue weighted by atomic mass is 9.86. The van der Waals surface area contributed by atoms with Crippen molar-refractivity contribution in [1.82, 2.24) is 15.3 Å². The molecule has 4 N–H and O–H groups in total. The van der Waals surface area contributed by atoms with Crippen molar-refractivity contribution in [3.63, 3.8) is 0 Å². The zero-order valence-corrected chi connectivity index (χ0v) is 16.3. The molecule has 4 rings (SSSR count). The second kappa shape index (κ2) is 8.13. The number of aromatic nitrogens is 2. The van der Waals surface area contributed by atoms with Crippen molar-refractivity contribution >= 4 is 22.6 Å². The molecule has 1 aromatic heterocycles. The number of piperidine rings is 1. The Hall–Kier alpha value is -3.06. The minimum atomic E-state index is -0.515. The number of hydrogen-bond acceptors (Lipinski definition) is 5. The largest absolute Gasteiger partial charge is 0.366 e. The van der Waals surface area contributed by atoms with E-state index in [1.807, 2.05) is 19.1 Å². The Morgan fingerprint density at radius 1 is 1.28 bits per heavy atom. The molecule has 0 radical (unpaired) electrons. The number of carbonyl (C=O) groups excluding carboxylic acids is 1. The summed E-state index contributed by atoms with van der Waals surface area (Å²) in [5.41, 5.74) is 7.46. The standard InChI is InChI=1S/C22H24FN5O/c1-2-19-27-20-16(21(24)29)7-4-8-17(20)22(28-19)26-18-12-25-10-9-15(18)13-5-3-6-14(23)11-13/h3-8,11,15,18,25H,2,9-10,12H2,1H3,(H2,24,29)(H,26,27,28). The summed E-state index contributed by atoms with van der Waals surface area (Å²) in [7, 11) is 0. The number of primary amides is 1. The lowest BCUT2D eigenvalue weighted by Crippen LogP contribution is -2.44. The van der Waals surface area contributed by atoms with Crippen molar-refractivity contribution in [2.45, 2.75) is 31.7 Å². The van der Waals surface area contributed by atoms with E-state index in [0.29, 0.717) is 29.1 Å². The molecule has 1 amide bonds. The van der Waals surface area contributed by atoms with Crippen LogP contribution in [0.3, 0.4) is 0 Å². The van der Waals surface area contributed by atoms with Crippen molar-refractivity contribution in [2.24, 2.45) is 5.73 Å². The van der Waals surface area contributed by atoms with Gasteiger partial charge in [-0.05, 0) is 42.8 Å². The van der Waals surface area contributed by atoms with Gasteiger partial charge in [0.15, 0.2) is 0 Å². The Balaban J connectivity index is 1.75. The van der Waals surface area contributed by atoms with E-state index in [-0.39, 0.29) is 17.8 Å². The summed E-state index contributed by atoms with van der Waals surface area (Å²) in [6.45, 7) is 3.56. The van der Waals surface area contributed by atoms with Gasteiger partial charge in [-0.15, -0.1) is 0 Å². The molecular formula is C22H24FN5O. The first kappa shape index (κ1) is 19.3. The summed E-state index contributed by atoms with van der Waals surface area (Å²) >= 11 is 0. The Morgan fingerprint density at radius 3 is 2.86 bits per heavy atom. The minimum absolute atomic E-state index is 0.0191. The van der Waals surface area contributed by atoms with Gasteiger partial charge in [0.05, 0.1) is 11.1 Å². The molecule has 1 saturated heterocycles. The fourth-order valence-electron chi connectivity index (χ4n) is 3.99. The van der Waals surface area contributed by atoms with Crippen molar-refractivity contribution in [3.05, 3.63) is 65.2 Å². The van der Waals surface area contributed by atoms with Crippen LogP contribution in [0, 0.1) is 5.82 Å². The van der Waals surface area contributed by atoms with E-state index < -0.39 is 5.91 Å². The molecule has 0 aliphatic carbocycles. The number of nitrogens with zero attached hydrogens (tertiary/aromatic N) is 2. The van der Waals surface area contributed by atoms with Crippen LogP contribution < -0.4 is 16.4 Å². The zero-order valence-electron chi connectivity index (χ0n) is 16.3. The molecule has 0 saturated carbocycles. The predicted octanol–water partition coefficient (Wildman–Crippen LogP) is 2.99. The minimum Gasteiger partial charge on any atom is -0.366 e. The summed E-state index contributed by atoms with van der Waals surface area (Å²) in [6.07, 6.45) is 1.52. The molecule has 29 heavy (non-hydrogen) atoms. The molecule has 2 heterocycles. The molecular weight excluding hydrogens is 369 g/mol. The van der Waals surface area contributed by atoms with Crippen LogP contribution in [-0.4, -0.2) is 35.0 Å². The fraction of sp³-hybridized carbons (Fsp3) is 0.318. The number of aryl methyl sites for hydroxylation is 1. The highest BCUT2D eigenvalue weighted by molar-refractivity contribution is 6.07. The topological polar surface area (TPSA) is 92.9 Å². The number of para-hydroxylation sites is 1. The third-order valence-corrected chi connectivity index (χ3v) is 5.44. The van der Waals surface area contributed by atoms with Crippen LogP contribution in [0.25, 0.3) is 10.9 Å². The van der Waals surface area contributed by atoms with Crippen LogP contribution in [0.1, 0.15) is 41.0 Å². The SMILES string of the molecule is CCc1nc(NC2CNCCC2c2cccc(F)c2)c2cccc(C(N)=O)c2n1. The van der Waals surface area contributed by atoms with Crippen LogP contribution in [0.4, 0.5) is 10.2 Å². The maximum absolute atomic E-state index is 13.8. The van der Waals surface area contributed by atoms with E-state index in [0.717, 1.165) is 30.5 Å². The van der Waals surface area contributed by atoms with Crippen molar-refractivity contribution < 1.29 is 9.18 Å². The van der Waals surface area contributed by atoms with Crippen LogP contribution >= 0.6 is 0 Å². The molecule has 1 aliphatic heterocycles. The van der Waals surface area contributed by atoms with E-state index in [1.54, 1.807) is 24.3 Å². The summed E-state index contributed by atoms with van der Waals surface area (Å²) < 4.78 is 13.8. The molecule has 1 aliphatic rings. The van der Waals surface area contributed by atoms with Gasteiger partial charge in [-0.3, -0.25) is 4.79 Å². The Morgan fingerprint density at radius 2 is 2.10 bits per heavy atom. The normalized spacial score (nSPS) is 19.2. The third kappa shape index (κ3) is 3.91. The van der Waals surface area contributed by atoms with Crippen LogP contribution in [-0.2, 0) is 6.42 Å². The lowest BCUT2D eigenvalue weighted by molar-refractivity contribution is 0.100. The first-order valence-electron chi connectivity index (χ1n) is 9.89. The van der Waals surface area contributed by atoms with E-state index >= 15 is 0 Å². The fourth-order valence-corrected chi connectivity index (χ4v) is 3.99. The number of hydrogen-bond donors (Lipinski definition) is 3. The highest BCUT2D eigenvalue weighted by Crippen LogP contribution is 2.31. The van der Waals surface area contributed by atoms with Crippen LogP contribution in [0.2, 0.25) is 0 Å². The lowest BCUT2D eigenvalue weighted by Gasteiger charge is -2.34. The first-order chi connectivity index (χ1) is 14.1. The average Bonchev–Trinajstić information content (AvgIpc) is 2.73. The Bertz CT molecular complexity index is 1050. The molecule has 0 spiro atoms. The summed E-state index contributed by atoms with van der Waals surface area (Å²) in [6, 6.07) is 12.1. The number of amides is 1. The molecule has 2 atom stereocenters. The number of halogens is 1. The number of benzene rings is 2. The number of carbonyl (C=O) groups is 1. The first-order valence-corrected chi connectivity index (χ1v) is 9.89. The Labute approximate surface area is 168 Å². The average molecular weight is 393 g/mol. The third-order valence-electron chi connectivity index (χ3n) is 5.44. The van der Waals surface area contributed by atoms with Gasteiger partial charge in [-0.2, -0.15) is 0 Å². The molecule has 6 nitrogen and oxygen atoms in total. The van der Waals surface area contributed by atoms with Crippen molar-refractivity contribution in [1.29, 1.82) is 0 Å². The maximum atomic E-state index is 13.8. The van der Waals surface area contributed by atoms with Crippen molar-refractivity contribution in [2.75, 3.05) is 18.4 Å². The predicted molar refractivity (Wildman–Crippen MR) is 111 cm³/mol. The van der Waals surface area contributed by atoms with Gasteiger partial charge in [0.25, 0.3) is 5.91 Å². The second-order valence-electron chi connectivity index (χ2n) is 7.31. The number of fused-ring (bicyclic) bond motifs is 1. The quantitative estimate of drug-likeness (QED) is 0.620. The summed E-state index contributed by atoms with van der Waals surface area (Å²) in [5.74, 6) is 0.706.